The van der Waals surface area contributed by atoms with E-state index in [-0.39, 0.29) is 0 Å². The molecule has 0 radical (unpaired) electrons. The summed E-state index contributed by atoms with van der Waals surface area (Å²) in [5, 5.41) is 12.9. The van der Waals surface area contributed by atoms with Gasteiger partial charge >= 0.3 is 0 Å². The Kier molecular flexibility index (Phi) is 8.77. The third kappa shape index (κ3) is 5.93. The summed E-state index contributed by atoms with van der Waals surface area (Å²) in [5.74, 6) is 1.96. The molecule has 0 saturated heterocycles. The number of benzene rings is 9. The molecule has 13 aromatic rings. The molecule has 0 saturated carbocycles. The second-order valence-electron chi connectivity index (χ2n) is 16.3. The Bertz CT molecular complexity index is 3760. The van der Waals surface area contributed by atoms with E-state index in [4.69, 9.17) is 15.0 Å². The summed E-state index contributed by atoms with van der Waals surface area (Å²) in [4.78, 5) is 16.1. The second kappa shape index (κ2) is 15.0. The first-order valence-electron chi connectivity index (χ1n) is 21.4. The monoisotopic (exact) mass is 885 g/mol. The number of nitrogens with zero attached hydrogens (tertiary/aromatic N) is 3. The van der Waals surface area contributed by atoms with Crippen molar-refractivity contribution in [2.24, 2.45) is 0 Å². The number of thiophene rings is 3. The number of rotatable bonds is 7. The number of aromatic nitrogens is 3. The van der Waals surface area contributed by atoms with Crippen LogP contribution in [0.25, 0.3) is 94.7 Å². The first-order chi connectivity index (χ1) is 31.7. The van der Waals surface area contributed by atoms with E-state index >= 15 is 0 Å². The van der Waals surface area contributed by atoms with Gasteiger partial charge in [0.05, 0.1) is 0 Å². The summed E-state index contributed by atoms with van der Waals surface area (Å²) < 4.78 is 7.65. The fraction of sp³-hybridized carbons (Fsp3) is 0. The average Bonchev–Trinajstić information content (AvgIpc) is 4.06. The predicted molar refractivity (Wildman–Crippen MR) is 278 cm³/mol. The van der Waals surface area contributed by atoms with Gasteiger partial charge in [-0.1, -0.05) is 152 Å². The molecule has 0 atom stereocenters. The largest absolute Gasteiger partial charge is 0.208 e. The molecule has 0 aliphatic carbocycles. The van der Waals surface area contributed by atoms with Crippen LogP contribution in [-0.4, -0.2) is 23.0 Å². The topological polar surface area (TPSA) is 38.7 Å². The van der Waals surface area contributed by atoms with Gasteiger partial charge in [0.1, 0.15) is 0 Å². The third-order valence-electron chi connectivity index (χ3n) is 12.7. The number of fused-ring (bicyclic) bond motifs is 9. The van der Waals surface area contributed by atoms with E-state index in [2.05, 4.69) is 212 Å². The maximum atomic E-state index is 5.40. The van der Waals surface area contributed by atoms with Gasteiger partial charge in [0.25, 0.3) is 0 Å². The molecule has 0 aliphatic rings. The third-order valence-corrected chi connectivity index (χ3v) is 20.9. The van der Waals surface area contributed by atoms with Gasteiger partial charge in [-0.25, -0.2) is 15.0 Å². The van der Waals surface area contributed by atoms with Crippen molar-refractivity contribution in [3.8, 4) is 34.2 Å². The van der Waals surface area contributed by atoms with Crippen LogP contribution in [0.4, 0.5) is 0 Å². The molecule has 300 valence electrons. The van der Waals surface area contributed by atoms with Crippen molar-refractivity contribution >= 4 is 123 Å². The summed E-state index contributed by atoms with van der Waals surface area (Å²) in [6.07, 6.45) is 0. The maximum Gasteiger partial charge on any atom is 0.180 e. The summed E-state index contributed by atoms with van der Waals surface area (Å²) in [6, 6.07) is 77.9. The van der Waals surface area contributed by atoms with Crippen molar-refractivity contribution in [1.29, 1.82) is 0 Å². The Labute approximate surface area is 382 Å². The standard InChI is InChI=1S/C57H35N3S3Si/c1-3-16-39(17-4-1)64(40-18-5-2-6-19-40,53-28-14-27-52-54(53)44-23-9-12-26-49(44)63-52)41-20-13-15-36(33-41)55-58-56(37-29-31-50-45(34-37)42-21-7-10-24-47(42)61-50)60-57(59-55)38-30-32-51-46(35-38)43-22-8-11-25-48(43)62-51/h1-35H. The first-order valence-corrected chi connectivity index (χ1v) is 25.9. The lowest BCUT2D eigenvalue weighted by molar-refractivity contribution is 1.08. The van der Waals surface area contributed by atoms with Crippen molar-refractivity contribution in [2.45, 2.75) is 0 Å². The normalized spacial score (nSPS) is 12.1. The molecule has 0 aliphatic heterocycles. The van der Waals surface area contributed by atoms with Crippen molar-refractivity contribution in [3.05, 3.63) is 212 Å². The lowest BCUT2D eigenvalue weighted by atomic mass is 10.1. The van der Waals surface area contributed by atoms with E-state index in [1.807, 2.05) is 34.0 Å². The van der Waals surface area contributed by atoms with Crippen LogP contribution in [0.1, 0.15) is 0 Å². The zero-order chi connectivity index (χ0) is 42.2. The van der Waals surface area contributed by atoms with Crippen LogP contribution in [0.2, 0.25) is 0 Å². The van der Waals surface area contributed by atoms with Gasteiger partial charge in [0.15, 0.2) is 25.5 Å². The van der Waals surface area contributed by atoms with Crippen molar-refractivity contribution < 1.29 is 0 Å². The van der Waals surface area contributed by atoms with Gasteiger partial charge in [0, 0.05) is 77.2 Å². The molecule has 0 spiro atoms. The van der Waals surface area contributed by atoms with E-state index < -0.39 is 8.07 Å². The molecule has 3 nitrogen and oxygen atoms in total. The molecule has 4 heterocycles. The highest BCUT2D eigenvalue weighted by Gasteiger charge is 2.43. The zero-order valence-electron chi connectivity index (χ0n) is 34.3. The molecule has 4 aromatic heterocycles. The summed E-state index contributed by atoms with van der Waals surface area (Å²) >= 11 is 5.52. The van der Waals surface area contributed by atoms with Crippen LogP contribution < -0.4 is 20.7 Å². The quantitative estimate of drug-likeness (QED) is 0.118. The van der Waals surface area contributed by atoms with Crippen LogP contribution >= 0.6 is 34.0 Å². The SMILES string of the molecule is c1ccc([Si](c2ccccc2)(c2cccc(-c3nc(-c4ccc5sc6ccccc6c5c4)nc(-c4ccc5sc6ccccc6c5c4)n3)c2)c2cccc3sc4ccccc4c23)cc1. The highest BCUT2D eigenvalue weighted by atomic mass is 32.1. The first kappa shape index (κ1) is 37.4. The van der Waals surface area contributed by atoms with Gasteiger partial charge in [0.2, 0.25) is 0 Å². The molecule has 64 heavy (non-hydrogen) atoms. The minimum absolute atomic E-state index is 0.649. The van der Waals surface area contributed by atoms with Gasteiger partial charge in [-0.15, -0.1) is 34.0 Å². The van der Waals surface area contributed by atoms with Gasteiger partial charge in [-0.3, -0.25) is 0 Å². The van der Waals surface area contributed by atoms with E-state index in [1.54, 1.807) is 0 Å². The molecule has 0 bridgehead atoms. The number of hydrogen-bond donors (Lipinski definition) is 0. The summed E-state index contributed by atoms with van der Waals surface area (Å²) in [5.41, 5.74) is 2.89. The van der Waals surface area contributed by atoms with Gasteiger partial charge in [-0.2, -0.15) is 0 Å². The maximum absolute atomic E-state index is 5.40. The second-order valence-corrected chi connectivity index (χ2v) is 23.3. The van der Waals surface area contributed by atoms with Gasteiger partial charge < -0.3 is 0 Å². The van der Waals surface area contributed by atoms with Crippen molar-refractivity contribution in [1.82, 2.24) is 15.0 Å². The minimum atomic E-state index is -3.02. The predicted octanol–water partition coefficient (Wildman–Crippen LogP) is 13.4. The van der Waals surface area contributed by atoms with Crippen LogP contribution in [0.5, 0.6) is 0 Å². The Hall–Kier alpha value is -7.13. The molecule has 0 fully saturated rings. The molecule has 0 amide bonds. The molecule has 0 unspecified atom stereocenters. The zero-order valence-corrected chi connectivity index (χ0v) is 37.7. The van der Waals surface area contributed by atoms with Crippen LogP contribution in [-0.2, 0) is 0 Å². The lowest BCUT2D eigenvalue weighted by Crippen LogP contribution is -2.74. The van der Waals surface area contributed by atoms with Crippen LogP contribution in [0.15, 0.2) is 212 Å². The molecule has 0 N–H and O–H groups in total. The highest BCUT2D eigenvalue weighted by Crippen LogP contribution is 2.39. The van der Waals surface area contributed by atoms with Crippen molar-refractivity contribution in [3.63, 3.8) is 0 Å². The lowest BCUT2D eigenvalue weighted by Gasteiger charge is -2.35. The summed E-state index contributed by atoms with van der Waals surface area (Å²) in [7, 11) is -3.02. The Balaban J connectivity index is 1.07. The minimum Gasteiger partial charge on any atom is -0.208 e. The van der Waals surface area contributed by atoms with Gasteiger partial charge in [-0.05, 0) is 81.4 Å². The smallest absolute Gasteiger partial charge is 0.180 e. The van der Waals surface area contributed by atoms with E-state index in [0.717, 1.165) is 16.7 Å². The Morgan fingerprint density at radius 1 is 0.281 bits per heavy atom. The fourth-order valence-corrected chi connectivity index (χ4v) is 18.2. The van der Waals surface area contributed by atoms with E-state index in [0.29, 0.717) is 17.5 Å². The molecule has 13 rings (SSSR count). The number of hydrogen-bond acceptors (Lipinski definition) is 6. The average molecular weight is 886 g/mol. The molecular weight excluding hydrogens is 851 g/mol. The van der Waals surface area contributed by atoms with Crippen LogP contribution in [0, 0.1) is 0 Å². The van der Waals surface area contributed by atoms with Crippen LogP contribution in [0.3, 0.4) is 0 Å². The fourth-order valence-electron chi connectivity index (χ4n) is 9.82. The molecular formula is C57H35N3S3Si. The Morgan fingerprint density at radius 3 is 1.25 bits per heavy atom. The molecule has 9 aromatic carbocycles. The molecule has 7 heteroatoms. The summed E-state index contributed by atoms with van der Waals surface area (Å²) in [6.45, 7) is 0. The van der Waals surface area contributed by atoms with E-state index in [1.165, 1.54) is 81.3 Å². The van der Waals surface area contributed by atoms with Crippen molar-refractivity contribution in [2.75, 3.05) is 0 Å². The van der Waals surface area contributed by atoms with E-state index in [9.17, 15) is 0 Å². The highest BCUT2D eigenvalue weighted by molar-refractivity contribution is 7.28. The Morgan fingerprint density at radius 2 is 0.688 bits per heavy atom.